The van der Waals surface area contributed by atoms with Crippen LogP contribution in [-0.4, -0.2) is 30.1 Å². The van der Waals surface area contributed by atoms with Crippen LogP contribution < -0.4 is 0 Å². The van der Waals surface area contributed by atoms with E-state index in [1.165, 1.54) is 0 Å². The average molecular weight is 166 g/mol. The molecule has 10 heavy (non-hydrogen) atoms. The third-order valence-corrected chi connectivity index (χ3v) is 0.974. The van der Waals surface area contributed by atoms with Crippen LogP contribution in [0.25, 0.3) is 0 Å². The van der Waals surface area contributed by atoms with Crippen LogP contribution >= 0.6 is 12.4 Å². The number of hydrogen-bond acceptors (Lipinski definition) is 2. The van der Waals surface area contributed by atoms with Gasteiger partial charge in [0.15, 0.2) is 0 Å². The van der Waals surface area contributed by atoms with Gasteiger partial charge in [-0.05, 0) is 6.92 Å². The molecule has 0 bridgehead atoms. The van der Waals surface area contributed by atoms with Gasteiger partial charge in [0.25, 0.3) is 0 Å². The van der Waals surface area contributed by atoms with E-state index in [-0.39, 0.29) is 12.4 Å². The fourth-order valence-corrected chi connectivity index (χ4v) is 0.573. The van der Waals surface area contributed by atoms with Crippen LogP contribution in [0.4, 0.5) is 0 Å². The van der Waals surface area contributed by atoms with Gasteiger partial charge >= 0.3 is 5.97 Å². The minimum atomic E-state index is -0.887. The summed E-state index contributed by atoms with van der Waals surface area (Å²) >= 11 is 0. The second kappa shape index (κ2) is 5.11. The lowest BCUT2D eigenvalue weighted by Crippen LogP contribution is -2.18. The van der Waals surface area contributed by atoms with Crippen LogP contribution in [-0.2, 0) is 4.79 Å². The Morgan fingerprint density at radius 1 is 1.50 bits per heavy atom. The lowest BCUT2D eigenvalue weighted by Gasteiger charge is -2.11. The van der Waals surface area contributed by atoms with Crippen molar-refractivity contribution in [2.24, 2.45) is 0 Å². The van der Waals surface area contributed by atoms with Gasteiger partial charge in [0.05, 0.1) is 0 Å². The van der Waals surface area contributed by atoms with Crippen LogP contribution in [0.3, 0.4) is 0 Å². The van der Waals surface area contributed by atoms with Gasteiger partial charge in [0.1, 0.15) is 5.70 Å². The minimum Gasteiger partial charge on any atom is -0.477 e. The van der Waals surface area contributed by atoms with E-state index in [1.54, 1.807) is 32.0 Å². The number of hydrogen-bond donors (Lipinski definition) is 1. The summed E-state index contributed by atoms with van der Waals surface area (Å²) in [4.78, 5) is 11.8. The standard InChI is InChI=1S/C6H11NO2.ClH/c1-4-5(6(8)9)7(2)3;/h4H,1-3H3,(H,8,9);1H/b5-4-;. The van der Waals surface area contributed by atoms with E-state index >= 15 is 0 Å². The highest BCUT2D eigenvalue weighted by molar-refractivity contribution is 5.85. The zero-order chi connectivity index (χ0) is 7.44. The summed E-state index contributed by atoms with van der Waals surface area (Å²) in [6, 6.07) is 0. The molecule has 3 nitrogen and oxygen atoms in total. The molecule has 0 aromatic rings. The first-order valence-electron chi connectivity index (χ1n) is 2.66. The van der Waals surface area contributed by atoms with Crippen molar-refractivity contribution in [1.29, 1.82) is 0 Å². The summed E-state index contributed by atoms with van der Waals surface area (Å²) in [5.74, 6) is -0.887. The Morgan fingerprint density at radius 3 is 1.90 bits per heavy atom. The fraction of sp³-hybridized carbons (Fsp3) is 0.500. The fourth-order valence-electron chi connectivity index (χ4n) is 0.573. The van der Waals surface area contributed by atoms with Gasteiger partial charge in [-0.15, -0.1) is 12.4 Å². The molecule has 0 atom stereocenters. The molecule has 0 rings (SSSR count). The zero-order valence-corrected chi connectivity index (χ0v) is 7.10. The Morgan fingerprint density at radius 2 is 1.90 bits per heavy atom. The highest BCUT2D eigenvalue weighted by Gasteiger charge is 2.05. The van der Waals surface area contributed by atoms with Crippen LogP contribution in [0.2, 0.25) is 0 Å². The van der Waals surface area contributed by atoms with Crippen molar-refractivity contribution in [2.45, 2.75) is 6.92 Å². The predicted molar refractivity (Wildman–Crippen MR) is 42.3 cm³/mol. The van der Waals surface area contributed by atoms with E-state index in [0.29, 0.717) is 5.70 Å². The number of carbonyl (C=O) groups is 1. The molecule has 60 valence electrons. The van der Waals surface area contributed by atoms with Crippen LogP contribution in [0.5, 0.6) is 0 Å². The molecule has 0 radical (unpaired) electrons. The van der Waals surface area contributed by atoms with Crippen LogP contribution in [0, 0.1) is 0 Å². The van der Waals surface area contributed by atoms with Gasteiger partial charge in [0.2, 0.25) is 0 Å². The Bertz CT molecular complexity index is 143. The molecule has 0 heterocycles. The van der Waals surface area contributed by atoms with Crippen LogP contribution in [0.1, 0.15) is 6.92 Å². The summed E-state index contributed by atoms with van der Waals surface area (Å²) in [5, 5.41) is 8.43. The van der Waals surface area contributed by atoms with Gasteiger partial charge in [-0.25, -0.2) is 4.79 Å². The first kappa shape index (κ1) is 12.0. The van der Waals surface area contributed by atoms with Crippen molar-refractivity contribution in [3.8, 4) is 0 Å². The number of nitrogens with zero attached hydrogens (tertiary/aromatic N) is 1. The molecular formula is C6H12ClNO2. The molecule has 0 aromatic carbocycles. The first-order valence-corrected chi connectivity index (χ1v) is 2.66. The summed E-state index contributed by atoms with van der Waals surface area (Å²) in [7, 11) is 3.40. The van der Waals surface area contributed by atoms with Gasteiger partial charge in [-0.2, -0.15) is 0 Å². The highest BCUT2D eigenvalue weighted by atomic mass is 35.5. The maximum absolute atomic E-state index is 10.3. The van der Waals surface area contributed by atoms with E-state index in [2.05, 4.69) is 0 Å². The third-order valence-electron chi connectivity index (χ3n) is 0.974. The maximum Gasteiger partial charge on any atom is 0.351 e. The van der Waals surface area contributed by atoms with Gasteiger partial charge in [-0.3, -0.25) is 0 Å². The quantitative estimate of drug-likeness (QED) is 0.620. The molecule has 0 aliphatic carbocycles. The number of carboxylic acids is 1. The molecule has 0 aliphatic heterocycles. The molecule has 0 spiro atoms. The molecule has 1 N–H and O–H groups in total. The SMILES string of the molecule is C/C=C(/C(=O)O)N(C)C.Cl. The Hall–Kier alpha value is -0.700. The van der Waals surface area contributed by atoms with Crippen molar-refractivity contribution < 1.29 is 9.90 Å². The second-order valence-electron chi connectivity index (χ2n) is 1.87. The lowest BCUT2D eigenvalue weighted by atomic mass is 10.4. The van der Waals surface area contributed by atoms with E-state index in [0.717, 1.165) is 0 Å². The number of likely N-dealkylation sites (N-methyl/N-ethyl adjacent to an activating group) is 1. The third kappa shape index (κ3) is 3.35. The smallest absolute Gasteiger partial charge is 0.351 e. The molecule has 0 saturated heterocycles. The summed E-state index contributed by atoms with van der Waals surface area (Å²) in [6.07, 6.45) is 1.56. The monoisotopic (exact) mass is 165 g/mol. The van der Waals surface area contributed by atoms with Crippen molar-refractivity contribution in [3.63, 3.8) is 0 Å². The highest BCUT2D eigenvalue weighted by Crippen LogP contribution is 1.95. The molecule has 4 heteroatoms. The maximum atomic E-state index is 10.3. The normalized spacial score (nSPS) is 10.1. The number of carboxylic acid groups (broad SMARTS) is 1. The largest absolute Gasteiger partial charge is 0.477 e. The van der Waals surface area contributed by atoms with E-state index in [1.807, 2.05) is 0 Å². The number of rotatable bonds is 2. The summed E-state index contributed by atoms with van der Waals surface area (Å²) in [6.45, 7) is 1.70. The van der Waals surface area contributed by atoms with Gasteiger partial charge < -0.3 is 10.0 Å². The molecule has 0 unspecified atom stereocenters. The number of halogens is 1. The first-order chi connectivity index (χ1) is 4.09. The predicted octanol–water partition coefficient (Wildman–Crippen LogP) is 0.958. The second-order valence-corrected chi connectivity index (χ2v) is 1.87. The molecule has 0 aromatic heterocycles. The molecule has 0 aliphatic rings. The Kier molecular flexibility index (Phi) is 6.15. The average Bonchev–Trinajstić information content (AvgIpc) is 1.64. The van der Waals surface area contributed by atoms with Crippen molar-refractivity contribution in [1.82, 2.24) is 4.90 Å². The molecule has 0 fully saturated rings. The topological polar surface area (TPSA) is 40.5 Å². The number of aliphatic carboxylic acids is 1. The van der Waals surface area contributed by atoms with E-state index < -0.39 is 5.97 Å². The number of allylic oxidation sites excluding steroid dienone is 1. The van der Waals surface area contributed by atoms with Gasteiger partial charge in [0, 0.05) is 14.1 Å². The lowest BCUT2D eigenvalue weighted by molar-refractivity contribution is -0.134. The van der Waals surface area contributed by atoms with Crippen molar-refractivity contribution in [3.05, 3.63) is 11.8 Å². The molecule has 0 amide bonds. The summed E-state index contributed by atoms with van der Waals surface area (Å²) < 4.78 is 0. The van der Waals surface area contributed by atoms with E-state index in [9.17, 15) is 4.79 Å². The van der Waals surface area contributed by atoms with Crippen molar-refractivity contribution in [2.75, 3.05) is 14.1 Å². The molecule has 0 saturated carbocycles. The Balaban J connectivity index is 0. The zero-order valence-electron chi connectivity index (χ0n) is 6.29. The van der Waals surface area contributed by atoms with Crippen molar-refractivity contribution >= 4 is 18.4 Å². The minimum absolute atomic E-state index is 0. The van der Waals surface area contributed by atoms with E-state index in [4.69, 9.17) is 5.11 Å². The van der Waals surface area contributed by atoms with Gasteiger partial charge in [-0.1, -0.05) is 6.08 Å². The summed E-state index contributed by atoms with van der Waals surface area (Å²) in [5.41, 5.74) is 0.315. The Labute approximate surface area is 66.7 Å². The molecular weight excluding hydrogens is 154 g/mol. The van der Waals surface area contributed by atoms with Crippen LogP contribution in [0.15, 0.2) is 11.8 Å².